The van der Waals surface area contributed by atoms with Crippen molar-refractivity contribution < 1.29 is 42.9 Å². The largest absolute Gasteiger partial charge is 0.488 e. The molecule has 1 fully saturated rings. The maximum atomic E-state index is 14.5. The van der Waals surface area contributed by atoms with E-state index >= 15 is 0 Å². The number of amides is 4. The van der Waals surface area contributed by atoms with Crippen LogP contribution in [0.3, 0.4) is 0 Å². The molecular formula is C50H66N8O9. The quantitative estimate of drug-likeness (QED) is 0.0703. The fraction of sp³-hybridized carbons (Fsp3) is 0.520. The second-order valence-corrected chi connectivity index (χ2v) is 18.3. The number of imidazole rings is 2. The Bertz CT molecular complexity index is 2570. The van der Waals surface area contributed by atoms with E-state index in [9.17, 15) is 19.2 Å². The number of carbonyl (C=O) groups is 4. The Kier molecular flexibility index (Phi) is 15.4. The van der Waals surface area contributed by atoms with Gasteiger partial charge in [-0.05, 0) is 104 Å². The lowest BCUT2D eigenvalue weighted by atomic mass is 9.90. The van der Waals surface area contributed by atoms with Gasteiger partial charge < -0.3 is 54.1 Å². The zero-order chi connectivity index (χ0) is 48.1. The fourth-order valence-corrected chi connectivity index (χ4v) is 9.40. The van der Waals surface area contributed by atoms with Crippen molar-refractivity contribution in [2.24, 2.45) is 17.8 Å². The van der Waals surface area contributed by atoms with Crippen LogP contribution in [0.4, 0.5) is 9.59 Å². The number of nitrogens with one attached hydrogen (secondary N) is 4. The minimum absolute atomic E-state index is 0.0102. The van der Waals surface area contributed by atoms with Gasteiger partial charge in [0.25, 0.3) is 0 Å². The van der Waals surface area contributed by atoms with Crippen LogP contribution in [0.5, 0.6) is 5.75 Å². The van der Waals surface area contributed by atoms with Crippen LogP contribution >= 0.6 is 0 Å². The first kappa shape index (κ1) is 48.7. The van der Waals surface area contributed by atoms with E-state index in [0.29, 0.717) is 63.9 Å². The van der Waals surface area contributed by atoms with E-state index in [1.54, 1.807) is 23.1 Å². The first-order valence-corrected chi connectivity index (χ1v) is 23.3. The highest BCUT2D eigenvalue weighted by Crippen LogP contribution is 2.43. The molecule has 67 heavy (non-hydrogen) atoms. The lowest BCUT2D eigenvalue weighted by molar-refractivity contribution is -0.140. The summed E-state index contributed by atoms with van der Waals surface area (Å²) in [6.07, 6.45) is 2.47. The number of rotatable bonds is 17. The lowest BCUT2D eigenvalue weighted by Gasteiger charge is -2.37. The molecule has 17 heteroatoms. The number of hydrogen-bond donors (Lipinski definition) is 4. The number of hydrogen-bond acceptors (Lipinski definition) is 11. The Labute approximate surface area is 392 Å². The molecule has 360 valence electrons. The smallest absolute Gasteiger partial charge is 0.407 e. The zero-order valence-corrected chi connectivity index (χ0v) is 40.4. The summed E-state index contributed by atoms with van der Waals surface area (Å²) < 4.78 is 27.3. The van der Waals surface area contributed by atoms with Crippen molar-refractivity contribution in [2.75, 3.05) is 47.7 Å². The minimum atomic E-state index is -0.792. The molecule has 2 aromatic heterocycles. The van der Waals surface area contributed by atoms with Gasteiger partial charge in [-0.2, -0.15) is 0 Å². The highest BCUT2D eigenvalue weighted by atomic mass is 16.5. The molecule has 1 unspecified atom stereocenters. The molecule has 7 rings (SSSR count). The molecule has 1 saturated heterocycles. The topological polar surface area (TPSA) is 202 Å². The average molecular weight is 923 g/mol. The first-order valence-electron chi connectivity index (χ1n) is 23.3. The van der Waals surface area contributed by atoms with Crippen molar-refractivity contribution in [3.05, 3.63) is 65.9 Å². The molecule has 0 spiro atoms. The summed E-state index contributed by atoms with van der Waals surface area (Å²) in [5.74, 6) is 1.31. The zero-order valence-electron chi connectivity index (χ0n) is 40.4. The molecule has 5 aromatic rings. The van der Waals surface area contributed by atoms with Crippen LogP contribution in [0.25, 0.3) is 44.2 Å². The van der Waals surface area contributed by atoms with Crippen LogP contribution in [-0.2, 0) is 35.1 Å². The van der Waals surface area contributed by atoms with Crippen molar-refractivity contribution in [3.8, 4) is 28.1 Å². The number of benzene rings is 3. The van der Waals surface area contributed by atoms with Gasteiger partial charge in [0.2, 0.25) is 11.8 Å². The summed E-state index contributed by atoms with van der Waals surface area (Å²) in [5, 5.41) is 7.47. The van der Waals surface area contributed by atoms with Crippen LogP contribution < -0.4 is 15.4 Å². The van der Waals surface area contributed by atoms with Gasteiger partial charge >= 0.3 is 12.2 Å². The predicted octanol–water partition coefficient (Wildman–Crippen LogP) is 8.06. The van der Waals surface area contributed by atoms with Crippen LogP contribution in [0.15, 0.2) is 48.7 Å². The van der Waals surface area contributed by atoms with Crippen LogP contribution in [0.1, 0.15) is 97.0 Å². The van der Waals surface area contributed by atoms with E-state index in [2.05, 4.69) is 50.9 Å². The van der Waals surface area contributed by atoms with E-state index in [-0.39, 0.29) is 35.6 Å². The predicted molar refractivity (Wildman–Crippen MR) is 254 cm³/mol. The third-order valence-electron chi connectivity index (χ3n) is 13.4. The summed E-state index contributed by atoms with van der Waals surface area (Å²) in [7, 11) is 4.22. The fourth-order valence-electron chi connectivity index (χ4n) is 9.40. The average Bonchev–Trinajstić information content (AvgIpc) is 4.02. The molecular weight excluding hydrogens is 857 g/mol. The van der Waals surface area contributed by atoms with E-state index in [1.807, 2.05) is 60.6 Å². The SMILES string of the molecule is CCC(C)N(C(=O)[C@@H](NC(=O)OC)C(C)C)[C@@H](C)c1nc2c(ccc3cc4c(cc32)OCc2cc(-c3cnc([C@H](C)N(C[C@H](C)COC)C(=O)[C@@H](NC(=O)OC)C5CCOCC5)[nH]3)ccc2-4)[nH]1. The normalized spacial score (nSPS) is 16.5. The number of aromatic nitrogens is 4. The van der Waals surface area contributed by atoms with Gasteiger partial charge in [-0.3, -0.25) is 9.59 Å². The van der Waals surface area contributed by atoms with Crippen LogP contribution in [0.2, 0.25) is 0 Å². The molecule has 0 saturated carbocycles. The van der Waals surface area contributed by atoms with Crippen LogP contribution in [0, 0.1) is 17.8 Å². The summed E-state index contributed by atoms with van der Waals surface area (Å²) >= 11 is 0. The summed E-state index contributed by atoms with van der Waals surface area (Å²) in [6.45, 7) is 16.0. The first-order chi connectivity index (χ1) is 32.2. The third kappa shape index (κ3) is 10.4. The highest BCUT2D eigenvalue weighted by Gasteiger charge is 2.38. The number of carbonyl (C=O) groups excluding carboxylic acids is 4. The standard InChI is InChI=1S/C50H66N8O9/c1-11-29(5)58(48(60)42(27(2)3)55-49(61)64-9)31(7)46-52-39-15-13-33-21-38-36-14-12-34(20-35(36)26-67-41(38)22-37(33)44(39)54-46)40-23-51-45(53-40)30(6)57(24-28(4)25-63-8)47(59)43(56-50(62)65-10)32-16-18-66-19-17-32/h12-15,20-23,27-32,42-43H,11,16-19,24-26H2,1-10H3,(H,51,53)(H,52,54)(H,55,61)(H,56,62)/t28-,29?,30-,31-,42-,43-/m0/s1. The van der Waals surface area contributed by atoms with Crippen molar-refractivity contribution in [1.29, 1.82) is 0 Å². The summed E-state index contributed by atoms with van der Waals surface area (Å²) in [5.41, 5.74) is 6.35. The number of fused-ring (bicyclic) bond motifs is 6. The Balaban J connectivity index is 1.15. The lowest BCUT2D eigenvalue weighted by Crippen LogP contribution is -2.54. The minimum Gasteiger partial charge on any atom is -0.488 e. The van der Waals surface area contributed by atoms with Gasteiger partial charge in [0.15, 0.2) is 0 Å². The number of methoxy groups -OCH3 is 3. The van der Waals surface area contributed by atoms with E-state index < -0.39 is 36.4 Å². The monoisotopic (exact) mass is 922 g/mol. The molecule has 3 aromatic carbocycles. The van der Waals surface area contributed by atoms with Crippen LogP contribution in [-0.4, -0.2) is 120 Å². The molecule has 2 aliphatic rings. The maximum Gasteiger partial charge on any atom is 0.407 e. The molecule has 4 amide bonds. The van der Waals surface area contributed by atoms with Gasteiger partial charge in [0, 0.05) is 43.9 Å². The molecule has 17 nitrogen and oxygen atoms in total. The second-order valence-electron chi connectivity index (χ2n) is 18.3. The Hall–Kier alpha value is -6.20. The summed E-state index contributed by atoms with van der Waals surface area (Å²) in [6, 6.07) is 11.9. The van der Waals surface area contributed by atoms with E-state index in [1.165, 1.54) is 14.2 Å². The van der Waals surface area contributed by atoms with Crippen molar-refractivity contribution in [1.82, 2.24) is 40.4 Å². The Morgan fingerprint density at radius 2 is 1.58 bits per heavy atom. The number of H-pyrrole nitrogens is 2. The number of ether oxygens (including phenoxy) is 5. The maximum absolute atomic E-state index is 14.5. The Morgan fingerprint density at radius 1 is 0.851 bits per heavy atom. The third-order valence-corrected chi connectivity index (χ3v) is 13.4. The number of aromatic amines is 2. The van der Waals surface area contributed by atoms with Gasteiger partial charge in [-0.1, -0.05) is 45.9 Å². The molecule has 4 N–H and O–H groups in total. The molecule has 6 atom stereocenters. The number of alkyl carbamates (subject to hydrolysis) is 2. The van der Waals surface area contributed by atoms with Crippen molar-refractivity contribution in [3.63, 3.8) is 0 Å². The molecule has 4 heterocycles. The molecule has 0 radical (unpaired) electrons. The van der Waals surface area contributed by atoms with Crippen molar-refractivity contribution in [2.45, 2.75) is 105 Å². The van der Waals surface area contributed by atoms with Gasteiger partial charge in [0.1, 0.15) is 36.1 Å². The highest BCUT2D eigenvalue weighted by molar-refractivity contribution is 6.07. The van der Waals surface area contributed by atoms with Gasteiger partial charge in [-0.15, -0.1) is 0 Å². The summed E-state index contributed by atoms with van der Waals surface area (Å²) in [4.78, 5) is 73.8. The molecule has 0 bridgehead atoms. The van der Waals surface area contributed by atoms with Gasteiger partial charge in [0.05, 0.1) is 55.8 Å². The number of nitrogens with zero attached hydrogens (tertiary/aromatic N) is 4. The van der Waals surface area contributed by atoms with Gasteiger partial charge in [-0.25, -0.2) is 19.6 Å². The van der Waals surface area contributed by atoms with Crippen molar-refractivity contribution >= 4 is 45.8 Å². The van der Waals surface area contributed by atoms with E-state index in [4.69, 9.17) is 33.7 Å². The van der Waals surface area contributed by atoms with E-state index in [0.717, 1.165) is 55.5 Å². The molecule has 0 aliphatic carbocycles. The Morgan fingerprint density at radius 3 is 2.27 bits per heavy atom. The molecule has 2 aliphatic heterocycles. The second kappa shape index (κ2) is 21.2.